The summed E-state index contributed by atoms with van der Waals surface area (Å²) in [4.78, 5) is 6.30. The van der Waals surface area contributed by atoms with Gasteiger partial charge in [-0.25, -0.2) is 5.10 Å². The highest BCUT2D eigenvalue weighted by molar-refractivity contribution is 7.71. The highest BCUT2D eigenvalue weighted by Gasteiger charge is 2.21. The molecule has 0 bridgehead atoms. The van der Waals surface area contributed by atoms with E-state index in [1.165, 1.54) is 37.7 Å². The molecular weight excluding hydrogens is 282 g/mol. The number of aromatic amines is 1. The Hall–Kier alpha value is -1.69. The first-order valence-electron chi connectivity index (χ1n) is 7.52. The third kappa shape index (κ3) is 3.15. The van der Waals surface area contributed by atoms with E-state index in [-0.39, 0.29) is 0 Å². The zero-order valence-corrected chi connectivity index (χ0v) is 13.1. The van der Waals surface area contributed by atoms with E-state index in [4.69, 9.17) is 12.2 Å². The molecule has 1 saturated carbocycles. The maximum absolute atomic E-state index is 5.44. The summed E-state index contributed by atoms with van der Waals surface area (Å²) in [6.45, 7) is 0.778. The van der Waals surface area contributed by atoms with Crippen molar-refractivity contribution in [3.63, 3.8) is 0 Å². The van der Waals surface area contributed by atoms with E-state index >= 15 is 0 Å². The molecule has 5 nitrogen and oxygen atoms in total. The van der Waals surface area contributed by atoms with Gasteiger partial charge in [-0.15, -0.1) is 5.10 Å². The molecule has 0 spiro atoms. The van der Waals surface area contributed by atoms with Crippen molar-refractivity contribution in [3.05, 3.63) is 34.9 Å². The van der Waals surface area contributed by atoms with Gasteiger partial charge in [0.2, 0.25) is 5.95 Å². The van der Waals surface area contributed by atoms with Gasteiger partial charge in [0.15, 0.2) is 4.77 Å². The van der Waals surface area contributed by atoms with E-state index in [0.29, 0.717) is 6.04 Å². The predicted molar refractivity (Wildman–Crippen MR) is 85.9 cm³/mol. The van der Waals surface area contributed by atoms with Crippen LogP contribution in [0.4, 0.5) is 5.95 Å². The van der Waals surface area contributed by atoms with Gasteiger partial charge in [0.1, 0.15) is 0 Å². The summed E-state index contributed by atoms with van der Waals surface area (Å²) in [5.74, 6) is 0.927. The van der Waals surface area contributed by atoms with Crippen LogP contribution >= 0.6 is 12.2 Å². The quantitative estimate of drug-likeness (QED) is 0.879. The Kier molecular flexibility index (Phi) is 4.34. The molecule has 1 aliphatic rings. The summed E-state index contributed by atoms with van der Waals surface area (Å²) in [5, 5.41) is 7.40. The predicted octanol–water partition coefficient (Wildman–Crippen LogP) is 3.48. The second-order valence-electron chi connectivity index (χ2n) is 5.71. The first-order valence-corrected chi connectivity index (χ1v) is 7.93. The summed E-state index contributed by atoms with van der Waals surface area (Å²) in [6.07, 6.45) is 9.97. The van der Waals surface area contributed by atoms with Gasteiger partial charge in [-0.05, 0) is 36.7 Å². The molecule has 0 saturated heterocycles. The number of hydrogen-bond donors (Lipinski definition) is 1. The molecule has 112 valence electrons. The Morgan fingerprint density at radius 2 is 2.19 bits per heavy atom. The minimum atomic E-state index is 0.483. The Morgan fingerprint density at radius 3 is 2.90 bits per heavy atom. The van der Waals surface area contributed by atoms with Crippen LogP contribution in [-0.4, -0.2) is 26.8 Å². The normalized spacial score (nSPS) is 16.0. The van der Waals surface area contributed by atoms with Gasteiger partial charge >= 0.3 is 0 Å². The summed E-state index contributed by atoms with van der Waals surface area (Å²) in [5.41, 5.74) is 1.17. The van der Waals surface area contributed by atoms with Gasteiger partial charge in [-0.2, -0.15) is 0 Å². The highest BCUT2D eigenvalue weighted by Crippen LogP contribution is 2.31. The number of nitrogens with one attached hydrogen (secondary N) is 1. The maximum Gasteiger partial charge on any atom is 0.226 e. The summed E-state index contributed by atoms with van der Waals surface area (Å²) >= 11 is 5.44. The largest absolute Gasteiger partial charge is 0.340 e. The molecular formula is C15H21N5S. The molecule has 1 N–H and O–H groups in total. The van der Waals surface area contributed by atoms with Crippen molar-refractivity contribution in [2.75, 3.05) is 11.9 Å². The van der Waals surface area contributed by atoms with Crippen LogP contribution in [-0.2, 0) is 6.54 Å². The molecule has 1 fully saturated rings. The van der Waals surface area contributed by atoms with Gasteiger partial charge in [-0.1, -0.05) is 25.3 Å². The monoisotopic (exact) mass is 303 g/mol. The van der Waals surface area contributed by atoms with E-state index < -0.39 is 0 Å². The van der Waals surface area contributed by atoms with Crippen molar-refractivity contribution in [1.82, 2.24) is 19.7 Å². The standard InChI is InChI=1S/C15H21N5S/c1-19(11-12-6-5-9-16-10-12)14-17-18-15(21)20(14)13-7-3-2-4-8-13/h5-6,9-10,13H,2-4,7-8,11H2,1H3,(H,18,21). The van der Waals surface area contributed by atoms with Gasteiger partial charge in [0, 0.05) is 32.0 Å². The second kappa shape index (κ2) is 6.39. The van der Waals surface area contributed by atoms with Crippen LogP contribution in [0.5, 0.6) is 0 Å². The van der Waals surface area contributed by atoms with Crippen LogP contribution in [0, 0.1) is 4.77 Å². The number of anilines is 1. The van der Waals surface area contributed by atoms with Crippen molar-refractivity contribution in [2.45, 2.75) is 44.7 Å². The van der Waals surface area contributed by atoms with Gasteiger partial charge in [0.25, 0.3) is 0 Å². The van der Waals surface area contributed by atoms with E-state index in [9.17, 15) is 0 Å². The second-order valence-corrected chi connectivity index (χ2v) is 6.09. The summed E-state index contributed by atoms with van der Waals surface area (Å²) in [7, 11) is 2.05. The number of pyridine rings is 1. The van der Waals surface area contributed by atoms with Crippen LogP contribution in [0.25, 0.3) is 0 Å². The van der Waals surface area contributed by atoms with Crippen LogP contribution in [0.15, 0.2) is 24.5 Å². The molecule has 0 radical (unpaired) electrons. The lowest BCUT2D eigenvalue weighted by molar-refractivity contribution is 0.350. The molecule has 3 rings (SSSR count). The van der Waals surface area contributed by atoms with Crippen LogP contribution in [0.2, 0.25) is 0 Å². The van der Waals surface area contributed by atoms with Crippen LogP contribution in [0.3, 0.4) is 0 Å². The number of H-pyrrole nitrogens is 1. The number of aromatic nitrogens is 4. The SMILES string of the molecule is CN(Cc1cccnc1)c1n[nH]c(=S)n1C1CCCCC1. The fourth-order valence-electron chi connectivity index (χ4n) is 3.07. The van der Waals surface area contributed by atoms with Crippen molar-refractivity contribution < 1.29 is 0 Å². The minimum absolute atomic E-state index is 0.483. The van der Waals surface area contributed by atoms with Gasteiger partial charge in [0.05, 0.1) is 0 Å². The zero-order valence-electron chi connectivity index (χ0n) is 12.3. The summed E-state index contributed by atoms with van der Waals surface area (Å²) < 4.78 is 2.93. The molecule has 2 aromatic rings. The van der Waals surface area contributed by atoms with Crippen molar-refractivity contribution >= 4 is 18.2 Å². The first-order chi connectivity index (χ1) is 10.3. The average molecular weight is 303 g/mol. The lowest BCUT2D eigenvalue weighted by Crippen LogP contribution is -2.24. The molecule has 0 aliphatic heterocycles. The molecule has 6 heteroatoms. The topological polar surface area (TPSA) is 49.7 Å². The molecule has 21 heavy (non-hydrogen) atoms. The van der Waals surface area contributed by atoms with Crippen molar-refractivity contribution in [1.29, 1.82) is 0 Å². The third-order valence-corrected chi connectivity index (χ3v) is 4.40. The molecule has 2 heterocycles. The maximum atomic E-state index is 5.44. The molecule has 0 unspecified atom stereocenters. The molecule has 0 amide bonds. The molecule has 1 aliphatic carbocycles. The average Bonchev–Trinajstić information content (AvgIpc) is 2.91. The first kappa shape index (κ1) is 14.3. The fraction of sp³-hybridized carbons (Fsp3) is 0.533. The fourth-order valence-corrected chi connectivity index (χ4v) is 3.35. The smallest absolute Gasteiger partial charge is 0.226 e. The van der Waals surface area contributed by atoms with E-state index in [1.54, 1.807) is 6.20 Å². The Morgan fingerprint density at radius 1 is 1.38 bits per heavy atom. The number of hydrogen-bond acceptors (Lipinski definition) is 4. The Balaban J connectivity index is 1.83. The third-order valence-electron chi connectivity index (χ3n) is 4.11. The highest BCUT2D eigenvalue weighted by atomic mass is 32.1. The Labute approximate surface area is 130 Å². The number of rotatable bonds is 4. The van der Waals surface area contributed by atoms with Crippen LogP contribution in [0.1, 0.15) is 43.7 Å². The van der Waals surface area contributed by atoms with Crippen molar-refractivity contribution in [2.24, 2.45) is 0 Å². The van der Waals surface area contributed by atoms with Crippen molar-refractivity contribution in [3.8, 4) is 0 Å². The van der Waals surface area contributed by atoms with E-state index in [2.05, 4.69) is 37.8 Å². The lowest BCUT2D eigenvalue weighted by Gasteiger charge is -2.27. The summed E-state index contributed by atoms with van der Waals surface area (Å²) in [6, 6.07) is 4.52. The van der Waals surface area contributed by atoms with E-state index in [0.717, 1.165) is 17.3 Å². The van der Waals surface area contributed by atoms with Gasteiger partial charge < -0.3 is 4.90 Å². The molecule has 2 aromatic heterocycles. The van der Waals surface area contributed by atoms with Gasteiger partial charge in [-0.3, -0.25) is 9.55 Å². The Bertz CT molecular complexity index is 627. The van der Waals surface area contributed by atoms with E-state index in [1.807, 2.05) is 12.3 Å². The molecule has 0 atom stereocenters. The number of nitrogens with zero attached hydrogens (tertiary/aromatic N) is 4. The molecule has 0 aromatic carbocycles. The zero-order chi connectivity index (χ0) is 14.7. The lowest BCUT2D eigenvalue weighted by atomic mass is 9.95. The van der Waals surface area contributed by atoms with Crippen LogP contribution < -0.4 is 4.90 Å². The minimum Gasteiger partial charge on any atom is -0.340 e.